The largest absolute Gasteiger partial charge is 0.409 e. The van der Waals surface area contributed by atoms with Crippen LogP contribution in [0.4, 0.5) is 5.69 Å². The van der Waals surface area contributed by atoms with Crippen molar-refractivity contribution in [3.05, 3.63) is 64.7 Å². The Morgan fingerprint density at radius 1 is 1.14 bits per heavy atom. The molecule has 0 bridgehead atoms. The number of nitrogens with one attached hydrogen (secondary N) is 1. The van der Waals surface area contributed by atoms with E-state index in [-0.39, 0.29) is 11.7 Å². The number of nitrogens with zero attached hydrogens (tertiary/aromatic N) is 1. The van der Waals surface area contributed by atoms with Gasteiger partial charge in [0.25, 0.3) is 5.91 Å². The number of nitrogens with two attached hydrogens (primary N) is 1. The normalized spacial score (nSPS) is 11.2. The van der Waals surface area contributed by atoms with Gasteiger partial charge in [0, 0.05) is 11.1 Å². The number of amides is 1. The summed E-state index contributed by atoms with van der Waals surface area (Å²) in [5, 5.41) is 14.6. The number of benzene rings is 2. The minimum atomic E-state index is -0.231. The van der Waals surface area contributed by atoms with Crippen LogP contribution in [0.1, 0.15) is 27.0 Å². The van der Waals surface area contributed by atoms with E-state index >= 15 is 0 Å². The fraction of sp³-hybridized carbons (Fsp3) is 0.125. The van der Waals surface area contributed by atoms with Crippen LogP contribution < -0.4 is 11.1 Å². The molecule has 0 spiro atoms. The van der Waals surface area contributed by atoms with Crippen molar-refractivity contribution in [1.29, 1.82) is 0 Å². The minimum Gasteiger partial charge on any atom is -0.409 e. The molecule has 0 aliphatic rings. The van der Waals surface area contributed by atoms with Crippen molar-refractivity contribution < 1.29 is 10.0 Å². The lowest BCUT2D eigenvalue weighted by atomic mass is 10.0. The number of anilines is 1. The van der Waals surface area contributed by atoms with Crippen LogP contribution >= 0.6 is 0 Å². The first kappa shape index (κ1) is 14.6. The lowest BCUT2D eigenvalue weighted by Gasteiger charge is -2.11. The quantitative estimate of drug-likeness (QED) is 0.350. The Hall–Kier alpha value is -2.82. The van der Waals surface area contributed by atoms with E-state index in [9.17, 15) is 4.79 Å². The monoisotopic (exact) mass is 283 g/mol. The third-order valence-corrected chi connectivity index (χ3v) is 3.19. The lowest BCUT2D eigenvalue weighted by Crippen LogP contribution is -2.19. The molecule has 0 saturated carbocycles. The summed E-state index contributed by atoms with van der Waals surface area (Å²) in [6, 6.07) is 12.5. The van der Waals surface area contributed by atoms with E-state index < -0.39 is 0 Å². The van der Waals surface area contributed by atoms with Gasteiger partial charge in [0.15, 0.2) is 5.84 Å². The number of carbonyl (C=O) groups excluding carboxylic acids is 1. The third-order valence-electron chi connectivity index (χ3n) is 3.19. The summed E-state index contributed by atoms with van der Waals surface area (Å²) in [5.74, 6) is -0.280. The summed E-state index contributed by atoms with van der Waals surface area (Å²) in [6.07, 6.45) is 0. The van der Waals surface area contributed by atoms with Crippen molar-refractivity contribution >= 4 is 17.4 Å². The number of oxime groups is 1. The van der Waals surface area contributed by atoms with E-state index in [0.717, 1.165) is 11.1 Å². The van der Waals surface area contributed by atoms with Crippen LogP contribution in [-0.2, 0) is 0 Å². The van der Waals surface area contributed by atoms with Crippen molar-refractivity contribution in [3.63, 3.8) is 0 Å². The minimum absolute atomic E-state index is 0.0495. The molecule has 2 rings (SSSR count). The molecule has 2 aromatic carbocycles. The Morgan fingerprint density at radius 2 is 1.86 bits per heavy atom. The number of rotatable bonds is 3. The second-order valence-electron chi connectivity index (χ2n) is 4.80. The summed E-state index contributed by atoms with van der Waals surface area (Å²) in [7, 11) is 0. The zero-order valence-electron chi connectivity index (χ0n) is 11.9. The number of hydrogen-bond acceptors (Lipinski definition) is 3. The Labute approximate surface area is 123 Å². The van der Waals surface area contributed by atoms with Gasteiger partial charge in [-0.1, -0.05) is 35.0 Å². The van der Waals surface area contributed by atoms with Gasteiger partial charge in [0.05, 0.1) is 5.69 Å². The lowest BCUT2D eigenvalue weighted by molar-refractivity contribution is 0.102. The highest BCUT2D eigenvalue weighted by atomic mass is 16.4. The highest BCUT2D eigenvalue weighted by molar-refractivity contribution is 6.10. The van der Waals surface area contributed by atoms with Crippen LogP contribution in [0.25, 0.3) is 0 Å². The second kappa shape index (κ2) is 6.09. The molecule has 2 aromatic rings. The van der Waals surface area contributed by atoms with Gasteiger partial charge in [0.1, 0.15) is 0 Å². The van der Waals surface area contributed by atoms with Gasteiger partial charge in [-0.05, 0) is 37.6 Å². The van der Waals surface area contributed by atoms with Crippen LogP contribution in [-0.4, -0.2) is 17.0 Å². The SMILES string of the molecule is Cc1ccc(C(=O)Nc2ccccc2/C(N)=N/O)c(C)c1. The van der Waals surface area contributed by atoms with Crippen LogP contribution in [0.15, 0.2) is 47.6 Å². The van der Waals surface area contributed by atoms with Gasteiger partial charge in [-0.3, -0.25) is 4.79 Å². The molecule has 0 aliphatic carbocycles. The molecular formula is C16H17N3O2. The van der Waals surface area contributed by atoms with Gasteiger partial charge in [-0.15, -0.1) is 0 Å². The number of hydrogen-bond donors (Lipinski definition) is 3. The maximum Gasteiger partial charge on any atom is 0.255 e. The zero-order chi connectivity index (χ0) is 15.4. The van der Waals surface area contributed by atoms with E-state index in [2.05, 4.69) is 10.5 Å². The molecule has 0 atom stereocenters. The molecule has 21 heavy (non-hydrogen) atoms. The third kappa shape index (κ3) is 3.20. The van der Waals surface area contributed by atoms with Crippen LogP contribution in [0.2, 0.25) is 0 Å². The first-order valence-electron chi connectivity index (χ1n) is 6.48. The van der Waals surface area contributed by atoms with Crippen LogP contribution in [0, 0.1) is 13.8 Å². The van der Waals surface area contributed by atoms with Crippen molar-refractivity contribution in [1.82, 2.24) is 0 Å². The summed E-state index contributed by atoms with van der Waals surface area (Å²) in [6.45, 7) is 3.86. The van der Waals surface area contributed by atoms with E-state index in [0.29, 0.717) is 16.8 Å². The molecule has 0 aliphatic heterocycles. The Balaban J connectivity index is 2.32. The van der Waals surface area contributed by atoms with E-state index in [4.69, 9.17) is 10.9 Å². The fourth-order valence-electron chi connectivity index (χ4n) is 2.13. The smallest absolute Gasteiger partial charge is 0.255 e. The molecule has 4 N–H and O–H groups in total. The summed E-state index contributed by atoms with van der Waals surface area (Å²) in [4.78, 5) is 12.4. The van der Waals surface area contributed by atoms with E-state index in [1.54, 1.807) is 30.3 Å². The predicted molar refractivity (Wildman–Crippen MR) is 82.8 cm³/mol. The van der Waals surface area contributed by atoms with Gasteiger partial charge in [-0.25, -0.2) is 0 Å². The van der Waals surface area contributed by atoms with E-state index in [1.165, 1.54) is 0 Å². The number of aryl methyl sites for hydroxylation is 2. The molecule has 0 radical (unpaired) electrons. The maximum atomic E-state index is 12.4. The summed E-state index contributed by atoms with van der Waals surface area (Å²) < 4.78 is 0. The van der Waals surface area contributed by atoms with Gasteiger partial charge < -0.3 is 16.3 Å². The number of amidine groups is 1. The molecule has 0 aromatic heterocycles. The summed E-state index contributed by atoms with van der Waals surface area (Å²) in [5.41, 5.74) is 9.16. The van der Waals surface area contributed by atoms with Crippen LogP contribution in [0.3, 0.4) is 0 Å². The second-order valence-corrected chi connectivity index (χ2v) is 4.80. The number of carbonyl (C=O) groups is 1. The van der Waals surface area contributed by atoms with Crippen LogP contribution in [0.5, 0.6) is 0 Å². The van der Waals surface area contributed by atoms with Crippen molar-refractivity contribution in [2.24, 2.45) is 10.9 Å². The Kier molecular flexibility index (Phi) is 4.23. The predicted octanol–water partition coefficient (Wildman–Crippen LogP) is 2.65. The van der Waals surface area contributed by atoms with Crippen molar-refractivity contribution in [2.75, 3.05) is 5.32 Å². The molecular weight excluding hydrogens is 266 g/mol. The highest BCUT2D eigenvalue weighted by Crippen LogP contribution is 2.18. The molecule has 0 unspecified atom stereocenters. The Morgan fingerprint density at radius 3 is 2.52 bits per heavy atom. The van der Waals surface area contributed by atoms with Gasteiger partial charge in [-0.2, -0.15) is 0 Å². The molecule has 0 fully saturated rings. The van der Waals surface area contributed by atoms with E-state index in [1.807, 2.05) is 26.0 Å². The Bertz CT molecular complexity index is 708. The highest BCUT2D eigenvalue weighted by Gasteiger charge is 2.13. The molecule has 1 amide bonds. The maximum absolute atomic E-state index is 12.4. The standard InChI is InChI=1S/C16H17N3O2/c1-10-7-8-12(11(2)9-10)16(20)18-14-6-4-3-5-13(14)15(17)19-21/h3-9,21H,1-2H3,(H2,17,19)(H,18,20). The van der Waals surface area contributed by atoms with Gasteiger partial charge >= 0.3 is 0 Å². The molecule has 108 valence electrons. The molecule has 0 heterocycles. The zero-order valence-corrected chi connectivity index (χ0v) is 11.9. The first-order chi connectivity index (χ1) is 10.0. The topological polar surface area (TPSA) is 87.7 Å². The number of para-hydroxylation sites is 1. The fourth-order valence-corrected chi connectivity index (χ4v) is 2.13. The molecule has 5 nitrogen and oxygen atoms in total. The molecule has 5 heteroatoms. The van der Waals surface area contributed by atoms with Crippen molar-refractivity contribution in [3.8, 4) is 0 Å². The van der Waals surface area contributed by atoms with Gasteiger partial charge in [0.2, 0.25) is 0 Å². The van der Waals surface area contributed by atoms with Crippen molar-refractivity contribution in [2.45, 2.75) is 13.8 Å². The average Bonchev–Trinajstić information content (AvgIpc) is 2.46. The average molecular weight is 283 g/mol. The summed E-state index contributed by atoms with van der Waals surface area (Å²) >= 11 is 0. The molecule has 0 saturated heterocycles. The first-order valence-corrected chi connectivity index (χ1v) is 6.48.